The second kappa shape index (κ2) is 9.75. The molecule has 2 aliphatic rings. The SMILES string of the molecule is CC[C@@H](Nc1c(Nc2ccc(Cl)c(S(=O)(=O)N3CCN4C(=O)CCC4C3)c2O)c(=O)c1=O)c1ccc(C)o1. The van der Waals surface area contributed by atoms with Crippen molar-refractivity contribution in [3.8, 4) is 5.75 Å². The predicted octanol–water partition coefficient (Wildman–Crippen LogP) is 2.85. The van der Waals surface area contributed by atoms with Crippen LogP contribution in [0.2, 0.25) is 5.02 Å². The lowest BCUT2D eigenvalue weighted by molar-refractivity contribution is -0.130. The minimum Gasteiger partial charge on any atom is -0.504 e. The number of fused-ring (bicyclic) bond motifs is 1. The van der Waals surface area contributed by atoms with E-state index in [4.69, 9.17) is 16.0 Å². The summed E-state index contributed by atoms with van der Waals surface area (Å²) in [6.45, 7) is 4.10. The summed E-state index contributed by atoms with van der Waals surface area (Å²) in [4.78, 5) is 38.0. The number of hydrogen-bond acceptors (Lipinski definition) is 9. The Balaban J connectivity index is 1.43. The summed E-state index contributed by atoms with van der Waals surface area (Å²) < 4.78 is 33.9. The number of furan rings is 1. The number of sulfonamides is 1. The molecule has 1 aromatic heterocycles. The zero-order chi connectivity index (χ0) is 27.4. The van der Waals surface area contributed by atoms with Crippen molar-refractivity contribution in [2.45, 2.75) is 50.1 Å². The van der Waals surface area contributed by atoms with Crippen molar-refractivity contribution in [1.29, 1.82) is 0 Å². The van der Waals surface area contributed by atoms with E-state index in [9.17, 15) is 27.9 Å². The molecule has 3 heterocycles. The molecule has 2 aromatic carbocycles. The molecule has 0 bridgehead atoms. The van der Waals surface area contributed by atoms with Crippen molar-refractivity contribution in [2.75, 3.05) is 30.3 Å². The van der Waals surface area contributed by atoms with E-state index in [2.05, 4.69) is 10.6 Å². The van der Waals surface area contributed by atoms with Gasteiger partial charge >= 0.3 is 0 Å². The smallest absolute Gasteiger partial charge is 0.253 e. The number of amides is 1. The number of nitrogens with zero attached hydrogens (tertiary/aromatic N) is 2. The molecule has 11 nitrogen and oxygen atoms in total. The minimum absolute atomic E-state index is 0.00372. The summed E-state index contributed by atoms with van der Waals surface area (Å²) in [5.41, 5.74) is -1.73. The van der Waals surface area contributed by atoms with Crippen LogP contribution in [-0.4, -0.2) is 54.3 Å². The normalized spacial score (nSPS) is 19.1. The van der Waals surface area contributed by atoms with Gasteiger partial charge in [0, 0.05) is 32.1 Å². The van der Waals surface area contributed by atoms with E-state index in [0.29, 0.717) is 30.8 Å². The number of benzene rings is 1. The molecular weight excluding hydrogens is 536 g/mol. The molecule has 5 rings (SSSR count). The number of aryl methyl sites for hydroxylation is 1. The first-order chi connectivity index (χ1) is 18.0. The molecule has 0 radical (unpaired) electrons. The lowest BCUT2D eigenvalue weighted by atomic mass is 10.1. The van der Waals surface area contributed by atoms with E-state index in [-0.39, 0.29) is 59.7 Å². The summed E-state index contributed by atoms with van der Waals surface area (Å²) in [5.74, 6) is 0.624. The highest BCUT2D eigenvalue weighted by molar-refractivity contribution is 7.89. The van der Waals surface area contributed by atoms with Gasteiger partial charge in [0.2, 0.25) is 15.9 Å². The first-order valence-corrected chi connectivity index (χ1v) is 14.1. The zero-order valence-corrected chi connectivity index (χ0v) is 22.4. The monoisotopic (exact) mass is 562 g/mol. The number of hydrogen-bond donors (Lipinski definition) is 3. The van der Waals surface area contributed by atoms with Crippen LogP contribution in [0.15, 0.2) is 43.2 Å². The highest BCUT2D eigenvalue weighted by Crippen LogP contribution is 2.41. The number of aromatic hydroxyl groups is 1. The lowest BCUT2D eigenvalue weighted by Crippen LogP contribution is -2.53. The zero-order valence-electron chi connectivity index (χ0n) is 20.8. The molecule has 0 aliphatic carbocycles. The summed E-state index contributed by atoms with van der Waals surface area (Å²) in [6, 6.07) is 5.58. The molecular formula is C25H27ClN4O7S. The van der Waals surface area contributed by atoms with Gasteiger partial charge in [0.1, 0.15) is 27.8 Å². The van der Waals surface area contributed by atoms with Gasteiger partial charge in [0.15, 0.2) is 5.75 Å². The highest BCUT2D eigenvalue weighted by atomic mass is 35.5. The molecule has 2 saturated heterocycles. The quantitative estimate of drug-likeness (QED) is 0.278. The Morgan fingerprint density at radius 3 is 2.55 bits per heavy atom. The van der Waals surface area contributed by atoms with Gasteiger partial charge in [-0.25, -0.2) is 8.42 Å². The van der Waals surface area contributed by atoms with Crippen LogP contribution in [-0.2, 0) is 14.8 Å². The Morgan fingerprint density at radius 1 is 1.13 bits per heavy atom. The van der Waals surface area contributed by atoms with Gasteiger partial charge in [-0.3, -0.25) is 14.4 Å². The fraction of sp³-hybridized carbons (Fsp3) is 0.400. The Bertz CT molecular complexity index is 1590. The average Bonchev–Trinajstić information content (AvgIpc) is 3.49. The molecule has 2 atom stereocenters. The standard InChI is InChI=1S/C25H27ClN4O7S/c1-3-16(18-8-4-13(2)37-18)27-20-21(24(34)23(20)33)28-17-7-6-15(26)25(22(17)32)38(35,36)29-10-11-30-14(12-29)5-9-19(30)31/h4,6-8,14,16,27-28,32H,3,5,9-12H2,1-2H3/t14?,16-/m1/s1. The van der Waals surface area contributed by atoms with Crippen LogP contribution < -0.4 is 21.5 Å². The molecule has 3 N–H and O–H groups in total. The van der Waals surface area contributed by atoms with Gasteiger partial charge in [-0.15, -0.1) is 0 Å². The van der Waals surface area contributed by atoms with Crippen molar-refractivity contribution in [3.63, 3.8) is 0 Å². The average molecular weight is 563 g/mol. The third kappa shape index (κ3) is 4.36. The molecule has 2 aliphatic heterocycles. The van der Waals surface area contributed by atoms with Crippen LogP contribution in [0, 0.1) is 6.92 Å². The Morgan fingerprint density at radius 2 is 1.87 bits per heavy atom. The fourth-order valence-electron chi connectivity index (χ4n) is 5.05. The molecule has 1 unspecified atom stereocenters. The maximum absolute atomic E-state index is 13.5. The van der Waals surface area contributed by atoms with Crippen molar-refractivity contribution < 1.29 is 22.7 Å². The van der Waals surface area contributed by atoms with Crippen LogP contribution in [0.4, 0.5) is 17.1 Å². The van der Waals surface area contributed by atoms with Crippen molar-refractivity contribution in [3.05, 3.63) is 61.3 Å². The van der Waals surface area contributed by atoms with Gasteiger partial charge in [-0.05, 0) is 44.0 Å². The second-order valence-corrected chi connectivity index (χ2v) is 11.8. The van der Waals surface area contributed by atoms with Crippen molar-refractivity contribution in [1.82, 2.24) is 9.21 Å². The molecule has 13 heteroatoms. The summed E-state index contributed by atoms with van der Waals surface area (Å²) in [7, 11) is -4.24. The molecule has 202 valence electrons. The summed E-state index contributed by atoms with van der Waals surface area (Å²) in [6.07, 6.45) is 1.49. The van der Waals surface area contributed by atoms with Crippen LogP contribution >= 0.6 is 11.6 Å². The molecule has 38 heavy (non-hydrogen) atoms. The predicted molar refractivity (Wildman–Crippen MR) is 141 cm³/mol. The number of carbonyl (C=O) groups excluding carboxylic acids is 1. The van der Waals surface area contributed by atoms with E-state index >= 15 is 0 Å². The Hall–Kier alpha value is -3.35. The number of phenolic OH excluding ortho intramolecular Hbond substituents is 1. The molecule has 1 amide bonds. The minimum atomic E-state index is -4.24. The molecule has 2 fully saturated rings. The van der Waals surface area contributed by atoms with Crippen LogP contribution in [0.5, 0.6) is 5.75 Å². The molecule has 3 aromatic rings. The number of piperazine rings is 1. The van der Waals surface area contributed by atoms with E-state index in [0.717, 1.165) is 0 Å². The van der Waals surface area contributed by atoms with E-state index < -0.39 is 31.5 Å². The highest BCUT2D eigenvalue weighted by Gasteiger charge is 2.41. The third-order valence-electron chi connectivity index (χ3n) is 7.14. The molecule has 0 saturated carbocycles. The topological polar surface area (TPSA) is 149 Å². The van der Waals surface area contributed by atoms with Gasteiger partial charge in [-0.1, -0.05) is 18.5 Å². The van der Waals surface area contributed by atoms with E-state index in [1.165, 1.54) is 16.4 Å². The third-order valence-corrected chi connectivity index (χ3v) is 9.51. The van der Waals surface area contributed by atoms with Crippen LogP contribution in [0.25, 0.3) is 0 Å². The van der Waals surface area contributed by atoms with Gasteiger partial charge in [-0.2, -0.15) is 4.31 Å². The fourth-order valence-corrected chi connectivity index (χ4v) is 7.11. The number of nitrogens with one attached hydrogen (secondary N) is 2. The second-order valence-electron chi connectivity index (χ2n) is 9.50. The lowest BCUT2D eigenvalue weighted by Gasteiger charge is -2.37. The number of carbonyl (C=O) groups is 1. The maximum Gasteiger partial charge on any atom is 0.253 e. The first-order valence-electron chi connectivity index (χ1n) is 12.3. The first kappa shape index (κ1) is 26.3. The van der Waals surface area contributed by atoms with Gasteiger partial charge < -0.3 is 25.1 Å². The molecule has 0 spiro atoms. The number of rotatable bonds is 8. The Labute approximate surface area is 223 Å². The van der Waals surface area contributed by atoms with E-state index in [1.807, 2.05) is 6.92 Å². The van der Waals surface area contributed by atoms with Gasteiger partial charge in [0.25, 0.3) is 10.9 Å². The maximum atomic E-state index is 13.5. The number of halogens is 1. The Kier molecular flexibility index (Phi) is 6.74. The van der Waals surface area contributed by atoms with Gasteiger partial charge in [0.05, 0.1) is 16.8 Å². The van der Waals surface area contributed by atoms with Crippen LogP contribution in [0.1, 0.15) is 43.7 Å². The number of phenols is 1. The largest absolute Gasteiger partial charge is 0.504 e. The summed E-state index contributed by atoms with van der Waals surface area (Å²) >= 11 is 6.25. The van der Waals surface area contributed by atoms with Crippen LogP contribution in [0.3, 0.4) is 0 Å². The number of anilines is 3. The van der Waals surface area contributed by atoms with Crippen molar-refractivity contribution in [2.24, 2.45) is 0 Å². The van der Waals surface area contributed by atoms with Crippen molar-refractivity contribution >= 4 is 44.6 Å². The van der Waals surface area contributed by atoms with E-state index in [1.54, 1.807) is 24.0 Å². The summed E-state index contributed by atoms with van der Waals surface area (Å²) in [5, 5.41) is 16.6.